The van der Waals surface area contributed by atoms with Gasteiger partial charge in [-0.15, -0.1) is 0 Å². The molecule has 0 N–H and O–H groups in total. The average Bonchev–Trinajstić information content (AvgIpc) is 3.29. The lowest BCUT2D eigenvalue weighted by molar-refractivity contribution is -0.215. The lowest BCUT2D eigenvalue weighted by Gasteiger charge is -2.23. The summed E-state index contributed by atoms with van der Waals surface area (Å²) in [4.78, 5) is 12.4. The van der Waals surface area contributed by atoms with Crippen LogP contribution in [0.15, 0.2) is 0 Å². The van der Waals surface area contributed by atoms with Crippen LogP contribution in [0.4, 0.5) is 0 Å². The minimum absolute atomic E-state index is 0.00146. The summed E-state index contributed by atoms with van der Waals surface area (Å²) in [6.45, 7) is 6.07. The highest BCUT2D eigenvalue weighted by molar-refractivity contribution is 5.83. The zero-order chi connectivity index (χ0) is 19.3. The number of ether oxygens (including phenoxy) is 4. The van der Waals surface area contributed by atoms with E-state index in [1.807, 2.05) is 13.8 Å². The van der Waals surface area contributed by atoms with Crippen LogP contribution in [0.2, 0.25) is 0 Å². The van der Waals surface area contributed by atoms with E-state index in [1.54, 1.807) is 0 Å². The molecule has 156 valence electrons. The normalized spacial score (nSPS) is 34.9. The Balaban J connectivity index is 1.28. The Morgan fingerprint density at radius 1 is 0.852 bits per heavy atom. The molecule has 0 aromatic rings. The molecule has 0 aromatic carbocycles. The minimum atomic E-state index is -0.564. The number of carbonyl (C=O) groups is 1. The quantitative estimate of drug-likeness (QED) is 0.476. The van der Waals surface area contributed by atoms with Gasteiger partial charge in [-0.2, -0.15) is 0 Å². The van der Waals surface area contributed by atoms with Gasteiger partial charge < -0.3 is 18.9 Å². The van der Waals surface area contributed by atoms with Crippen molar-refractivity contribution in [3.8, 4) is 0 Å². The highest BCUT2D eigenvalue weighted by Gasteiger charge is 2.51. The van der Waals surface area contributed by atoms with Gasteiger partial charge in [0.05, 0.1) is 12.2 Å². The van der Waals surface area contributed by atoms with Crippen LogP contribution < -0.4 is 0 Å². The van der Waals surface area contributed by atoms with Crippen molar-refractivity contribution < 1.29 is 23.7 Å². The van der Waals surface area contributed by atoms with E-state index < -0.39 is 5.79 Å². The molecule has 0 saturated carbocycles. The first-order chi connectivity index (χ1) is 13.0. The zero-order valence-electron chi connectivity index (χ0n) is 17.4. The van der Waals surface area contributed by atoms with E-state index in [4.69, 9.17) is 18.9 Å². The first-order valence-corrected chi connectivity index (χ1v) is 11.2. The molecule has 3 fully saturated rings. The Morgan fingerprint density at radius 3 is 2.26 bits per heavy atom. The second kappa shape index (κ2) is 9.82. The van der Waals surface area contributed by atoms with Crippen LogP contribution >= 0.6 is 0 Å². The Hall–Kier alpha value is -0.490. The topological polar surface area (TPSA) is 54.0 Å². The number of rotatable bonds is 11. The lowest BCUT2D eigenvalue weighted by Crippen LogP contribution is -2.32. The molecular weight excluding hydrogens is 344 g/mol. The molecule has 0 aromatic heterocycles. The first-order valence-electron chi connectivity index (χ1n) is 11.2. The van der Waals surface area contributed by atoms with Crippen LogP contribution in [-0.2, 0) is 23.7 Å². The molecule has 3 aliphatic heterocycles. The van der Waals surface area contributed by atoms with Gasteiger partial charge in [-0.25, -0.2) is 0 Å². The van der Waals surface area contributed by atoms with E-state index in [1.165, 1.54) is 38.5 Å². The fraction of sp³-hybridized carbons (Fsp3) is 0.955. The van der Waals surface area contributed by atoms with Crippen molar-refractivity contribution in [1.82, 2.24) is 0 Å². The molecule has 5 nitrogen and oxygen atoms in total. The summed E-state index contributed by atoms with van der Waals surface area (Å²) >= 11 is 0. The van der Waals surface area contributed by atoms with Crippen molar-refractivity contribution in [2.24, 2.45) is 0 Å². The van der Waals surface area contributed by atoms with Gasteiger partial charge in [0, 0.05) is 12.8 Å². The van der Waals surface area contributed by atoms with E-state index in [0.29, 0.717) is 6.42 Å². The third-order valence-corrected chi connectivity index (χ3v) is 6.02. The van der Waals surface area contributed by atoms with Gasteiger partial charge in [-0.1, -0.05) is 51.9 Å². The maximum absolute atomic E-state index is 12.4. The minimum Gasteiger partial charge on any atom is -0.365 e. The van der Waals surface area contributed by atoms with Crippen molar-refractivity contribution in [1.29, 1.82) is 0 Å². The Kier molecular flexibility index (Phi) is 7.72. The summed E-state index contributed by atoms with van der Waals surface area (Å²) in [5.41, 5.74) is 0. The summed E-state index contributed by atoms with van der Waals surface area (Å²) in [5, 5.41) is 0. The van der Waals surface area contributed by atoms with Gasteiger partial charge in [0.1, 0.15) is 12.2 Å². The standard InChI is InChI=1S/C22H38O5/c1-4-5-6-7-8-9-10-11-12-16(23)17-13-14-18(24-17)19-15-20-21(25-19)27-22(2,3)26-20/h17-21H,4-15H2,1-3H3/t17-,18-,19-,20-,21-/m1/s1. The Bertz CT molecular complexity index is 461. The zero-order valence-corrected chi connectivity index (χ0v) is 17.4. The third-order valence-electron chi connectivity index (χ3n) is 6.02. The van der Waals surface area contributed by atoms with Crippen molar-refractivity contribution >= 4 is 5.78 Å². The molecule has 0 spiro atoms. The number of Topliss-reactive ketones (excluding diaryl/α,β-unsaturated/α-hetero) is 1. The van der Waals surface area contributed by atoms with E-state index in [0.717, 1.165) is 32.1 Å². The largest absolute Gasteiger partial charge is 0.365 e. The molecule has 3 rings (SSSR count). The van der Waals surface area contributed by atoms with Crippen LogP contribution in [0.1, 0.15) is 97.8 Å². The Labute approximate surface area is 164 Å². The molecule has 0 radical (unpaired) electrons. The van der Waals surface area contributed by atoms with Crippen LogP contribution in [0.5, 0.6) is 0 Å². The molecule has 0 amide bonds. The molecule has 0 bridgehead atoms. The molecular formula is C22H38O5. The predicted molar refractivity (Wildman–Crippen MR) is 103 cm³/mol. The van der Waals surface area contributed by atoms with Gasteiger partial charge >= 0.3 is 0 Å². The number of fused-ring (bicyclic) bond motifs is 1. The van der Waals surface area contributed by atoms with Gasteiger partial charge in [0.25, 0.3) is 0 Å². The van der Waals surface area contributed by atoms with Crippen LogP contribution in [0.3, 0.4) is 0 Å². The molecule has 0 unspecified atom stereocenters. The predicted octanol–water partition coefficient (Wildman–Crippen LogP) is 4.90. The van der Waals surface area contributed by atoms with Gasteiger partial charge in [-0.05, 0) is 33.1 Å². The first kappa shape index (κ1) is 21.2. The monoisotopic (exact) mass is 382 g/mol. The lowest BCUT2D eigenvalue weighted by atomic mass is 10.0. The summed E-state index contributed by atoms with van der Waals surface area (Å²) in [7, 11) is 0. The molecule has 3 heterocycles. The van der Waals surface area contributed by atoms with E-state index >= 15 is 0 Å². The summed E-state index contributed by atoms with van der Waals surface area (Å²) in [6.07, 6.45) is 12.6. The van der Waals surface area contributed by atoms with Crippen molar-refractivity contribution in [2.75, 3.05) is 0 Å². The van der Waals surface area contributed by atoms with Crippen LogP contribution in [0, 0.1) is 0 Å². The van der Waals surface area contributed by atoms with E-state index in [9.17, 15) is 4.79 Å². The Morgan fingerprint density at radius 2 is 1.56 bits per heavy atom. The summed E-state index contributed by atoms with van der Waals surface area (Å²) in [5.74, 6) is -0.291. The molecule has 27 heavy (non-hydrogen) atoms. The molecule has 5 atom stereocenters. The van der Waals surface area contributed by atoms with Crippen molar-refractivity contribution in [2.45, 2.75) is 134 Å². The third kappa shape index (κ3) is 5.99. The highest BCUT2D eigenvalue weighted by atomic mass is 16.8. The molecule has 3 saturated heterocycles. The fourth-order valence-electron chi connectivity index (χ4n) is 4.54. The maximum atomic E-state index is 12.4. The number of ketones is 1. The fourth-order valence-corrected chi connectivity index (χ4v) is 4.54. The number of hydrogen-bond acceptors (Lipinski definition) is 5. The van der Waals surface area contributed by atoms with Crippen LogP contribution in [0.25, 0.3) is 0 Å². The smallest absolute Gasteiger partial charge is 0.187 e. The highest BCUT2D eigenvalue weighted by Crippen LogP contribution is 2.40. The van der Waals surface area contributed by atoms with Gasteiger partial charge in [0.15, 0.2) is 17.9 Å². The number of unbranched alkanes of at least 4 members (excludes halogenated alkanes) is 7. The molecule has 3 aliphatic rings. The molecule has 0 aliphatic carbocycles. The van der Waals surface area contributed by atoms with Gasteiger partial charge in [-0.3, -0.25) is 4.79 Å². The second-order valence-corrected chi connectivity index (χ2v) is 8.88. The second-order valence-electron chi connectivity index (χ2n) is 8.88. The average molecular weight is 383 g/mol. The maximum Gasteiger partial charge on any atom is 0.187 e. The van der Waals surface area contributed by atoms with Crippen LogP contribution in [-0.4, -0.2) is 42.3 Å². The number of hydrogen-bond donors (Lipinski definition) is 0. The molecule has 5 heteroatoms. The van der Waals surface area contributed by atoms with E-state index in [-0.39, 0.29) is 36.5 Å². The van der Waals surface area contributed by atoms with Crippen molar-refractivity contribution in [3.63, 3.8) is 0 Å². The number of carbonyl (C=O) groups excluding carboxylic acids is 1. The SMILES string of the molecule is CCCCCCCCCCC(=O)[C@H]1CC[C@H]([C@H]2C[C@H]3OC(C)(C)O[C@H]3O2)O1. The summed E-state index contributed by atoms with van der Waals surface area (Å²) < 4.78 is 23.7. The summed E-state index contributed by atoms with van der Waals surface area (Å²) in [6, 6.07) is 0. The van der Waals surface area contributed by atoms with Crippen molar-refractivity contribution in [3.05, 3.63) is 0 Å². The van der Waals surface area contributed by atoms with E-state index in [2.05, 4.69) is 6.92 Å². The van der Waals surface area contributed by atoms with Gasteiger partial charge in [0.2, 0.25) is 0 Å².